The number of hydrogen-bond donors (Lipinski definition) is 1. The van der Waals surface area contributed by atoms with Gasteiger partial charge in [-0.15, -0.1) is 0 Å². The quantitative estimate of drug-likeness (QED) is 0.644. The van der Waals surface area contributed by atoms with E-state index in [0.717, 1.165) is 0 Å². The highest BCUT2D eigenvalue weighted by atomic mass is 35.5. The fourth-order valence-corrected chi connectivity index (χ4v) is 2.48. The van der Waals surface area contributed by atoms with Crippen molar-refractivity contribution in [1.82, 2.24) is 0 Å². The van der Waals surface area contributed by atoms with Gasteiger partial charge in [-0.3, -0.25) is 4.79 Å². The van der Waals surface area contributed by atoms with Crippen molar-refractivity contribution in [3.63, 3.8) is 0 Å². The number of anilines is 1. The molecule has 2 rings (SSSR count). The summed E-state index contributed by atoms with van der Waals surface area (Å²) in [4.78, 5) is 12.0. The van der Waals surface area contributed by atoms with Gasteiger partial charge in [0.25, 0.3) is 0 Å². The largest absolute Gasteiger partial charge is 0.398 e. The Kier molecular flexibility index (Phi) is 3.49. The normalized spacial score (nSPS) is 16.6. The van der Waals surface area contributed by atoms with Crippen LogP contribution in [0.25, 0.3) is 0 Å². The summed E-state index contributed by atoms with van der Waals surface area (Å²) >= 11 is 5.90. The van der Waals surface area contributed by atoms with Crippen molar-refractivity contribution >= 4 is 23.1 Å². The summed E-state index contributed by atoms with van der Waals surface area (Å²) in [6.07, 6.45) is 5.56. The van der Waals surface area contributed by atoms with E-state index in [1.54, 1.807) is 18.2 Å². The molecule has 0 bridgehead atoms. The maximum atomic E-state index is 12.0. The van der Waals surface area contributed by atoms with Gasteiger partial charge in [0, 0.05) is 12.0 Å². The van der Waals surface area contributed by atoms with Crippen LogP contribution in [-0.4, -0.2) is 5.78 Å². The molecule has 0 aliphatic heterocycles. The van der Waals surface area contributed by atoms with Gasteiger partial charge in [-0.25, -0.2) is 0 Å². The number of Topliss-reactive ketones (excluding diaryl/α,β-unsaturated/α-hetero) is 1. The smallest absolute Gasteiger partial charge is 0.163 e. The van der Waals surface area contributed by atoms with Gasteiger partial charge >= 0.3 is 0 Å². The second kappa shape index (κ2) is 4.88. The number of nitrogen functional groups attached to an aromatic ring is 1. The molecule has 0 radical (unpaired) electrons. The highest BCUT2D eigenvalue weighted by Crippen LogP contribution is 2.29. The molecule has 86 valence electrons. The van der Waals surface area contributed by atoms with Crippen molar-refractivity contribution in [1.29, 1.82) is 0 Å². The molecule has 0 unspecified atom stereocenters. The molecule has 2 N–H and O–H groups in total. The van der Waals surface area contributed by atoms with Crippen LogP contribution in [0.1, 0.15) is 42.5 Å². The van der Waals surface area contributed by atoms with Crippen LogP contribution in [0.3, 0.4) is 0 Å². The molecule has 1 aliphatic rings. The van der Waals surface area contributed by atoms with Crippen molar-refractivity contribution in [2.24, 2.45) is 5.92 Å². The summed E-state index contributed by atoms with van der Waals surface area (Å²) < 4.78 is 0. The number of nitrogens with two attached hydrogens (primary N) is 1. The lowest BCUT2D eigenvalue weighted by Gasteiger charge is -2.08. The average Bonchev–Trinajstić information content (AvgIpc) is 2.74. The number of rotatable bonds is 3. The molecule has 0 spiro atoms. The molecule has 3 heteroatoms. The van der Waals surface area contributed by atoms with E-state index in [4.69, 9.17) is 17.3 Å². The Hall–Kier alpha value is -1.02. The first-order valence-electron chi connectivity index (χ1n) is 5.75. The number of carbonyl (C=O) groups excluding carboxylic acids is 1. The first kappa shape index (κ1) is 11.5. The Morgan fingerprint density at radius 3 is 2.69 bits per heavy atom. The maximum absolute atomic E-state index is 12.0. The first-order chi connectivity index (χ1) is 7.66. The molecular formula is C13H16ClNO. The highest BCUT2D eigenvalue weighted by Gasteiger charge is 2.19. The van der Waals surface area contributed by atoms with Gasteiger partial charge in [-0.1, -0.05) is 37.3 Å². The molecule has 1 saturated carbocycles. The molecule has 2 nitrogen and oxygen atoms in total. The summed E-state index contributed by atoms with van der Waals surface area (Å²) in [6, 6.07) is 5.14. The summed E-state index contributed by atoms with van der Waals surface area (Å²) in [5.41, 5.74) is 6.82. The van der Waals surface area contributed by atoms with Gasteiger partial charge < -0.3 is 5.73 Å². The average molecular weight is 238 g/mol. The third-order valence-electron chi connectivity index (χ3n) is 3.27. The molecule has 1 aromatic carbocycles. The lowest BCUT2D eigenvalue weighted by molar-refractivity contribution is 0.0962. The molecular weight excluding hydrogens is 222 g/mol. The molecule has 0 amide bonds. The third-order valence-corrected chi connectivity index (χ3v) is 3.60. The molecule has 1 fully saturated rings. The van der Waals surface area contributed by atoms with E-state index in [1.165, 1.54) is 25.7 Å². The van der Waals surface area contributed by atoms with E-state index >= 15 is 0 Å². The van der Waals surface area contributed by atoms with Crippen LogP contribution in [0.2, 0.25) is 5.02 Å². The SMILES string of the molecule is Nc1ccc(C(=O)CC2CCCC2)cc1Cl. The van der Waals surface area contributed by atoms with E-state index in [2.05, 4.69) is 0 Å². The van der Waals surface area contributed by atoms with Crippen molar-refractivity contribution in [3.8, 4) is 0 Å². The number of benzene rings is 1. The van der Waals surface area contributed by atoms with Crippen LogP contribution in [0, 0.1) is 5.92 Å². The van der Waals surface area contributed by atoms with E-state index in [9.17, 15) is 4.79 Å². The Bertz CT molecular complexity index is 397. The predicted molar refractivity (Wildman–Crippen MR) is 66.8 cm³/mol. The van der Waals surface area contributed by atoms with Crippen LogP contribution in [-0.2, 0) is 0 Å². The fourth-order valence-electron chi connectivity index (χ4n) is 2.30. The zero-order valence-corrected chi connectivity index (χ0v) is 9.96. The van der Waals surface area contributed by atoms with Crippen LogP contribution in [0.15, 0.2) is 18.2 Å². The van der Waals surface area contributed by atoms with E-state index in [-0.39, 0.29) is 5.78 Å². The Morgan fingerprint density at radius 1 is 1.38 bits per heavy atom. The van der Waals surface area contributed by atoms with Crippen LogP contribution >= 0.6 is 11.6 Å². The topological polar surface area (TPSA) is 43.1 Å². The standard InChI is InChI=1S/C13H16ClNO/c14-11-8-10(5-6-12(11)15)13(16)7-9-3-1-2-4-9/h5-6,8-9H,1-4,7,15H2. The molecule has 1 aliphatic carbocycles. The number of halogens is 1. The lowest BCUT2D eigenvalue weighted by Crippen LogP contribution is -2.06. The lowest BCUT2D eigenvalue weighted by atomic mass is 9.97. The molecule has 0 heterocycles. The van der Waals surface area contributed by atoms with Crippen molar-refractivity contribution < 1.29 is 4.79 Å². The Labute approximate surface area is 101 Å². The minimum absolute atomic E-state index is 0.189. The monoisotopic (exact) mass is 237 g/mol. The van der Waals surface area contributed by atoms with E-state index in [0.29, 0.717) is 28.6 Å². The van der Waals surface area contributed by atoms with Gasteiger partial charge in [-0.05, 0) is 24.1 Å². The van der Waals surface area contributed by atoms with E-state index in [1.807, 2.05) is 0 Å². The predicted octanol–water partition coefficient (Wildman–Crippen LogP) is 3.69. The van der Waals surface area contributed by atoms with Crippen LogP contribution in [0.5, 0.6) is 0 Å². The van der Waals surface area contributed by atoms with Gasteiger partial charge in [0.15, 0.2) is 5.78 Å². The number of ketones is 1. The molecule has 0 aromatic heterocycles. The molecule has 1 aromatic rings. The minimum atomic E-state index is 0.189. The van der Waals surface area contributed by atoms with Gasteiger partial charge in [-0.2, -0.15) is 0 Å². The Balaban J connectivity index is 2.05. The number of carbonyl (C=O) groups is 1. The molecule has 0 saturated heterocycles. The zero-order chi connectivity index (χ0) is 11.5. The second-order valence-corrected chi connectivity index (χ2v) is 4.92. The summed E-state index contributed by atoms with van der Waals surface area (Å²) in [7, 11) is 0. The maximum Gasteiger partial charge on any atom is 0.163 e. The van der Waals surface area contributed by atoms with Gasteiger partial charge in [0.05, 0.1) is 10.7 Å². The van der Waals surface area contributed by atoms with Crippen molar-refractivity contribution in [3.05, 3.63) is 28.8 Å². The zero-order valence-electron chi connectivity index (χ0n) is 9.21. The first-order valence-corrected chi connectivity index (χ1v) is 6.13. The highest BCUT2D eigenvalue weighted by molar-refractivity contribution is 6.33. The van der Waals surface area contributed by atoms with Crippen LogP contribution < -0.4 is 5.73 Å². The minimum Gasteiger partial charge on any atom is -0.398 e. The van der Waals surface area contributed by atoms with Gasteiger partial charge in [0.2, 0.25) is 0 Å². The second-order valence-electron chi connectivity index (χ2n) is 4.51. The summed E-state index contributed by atoms with van der Waals surface area (Å²) in [6.45, 7) is 0. The summed E-state index contributed by atoms with van der Waals surface area (Å²) in [5, 5.41) is 0.470. The van der Waals surface area contributed by atoms with Crippen LogP contribution in [0.4, 0.5) is 5.69 Å². The molecule has 16 heavy (non-hydrogen) atoms. The summed E-state index contributed by atoms with van der Waals surface area (Å²) in [5.74, 6) is 0.762. The number of hydrogen-bond acceptors (Lipinski definition) is 2. The van der Waals surface area contributed by atoms with Crippen molar-refractivity contribution in [2.45, 2.75) is 32.1 Å². The third kappa shape index (κ3) is 2.56. The Morgan fingerprint density at radius 2 is 2.06 bits per heavy atom. The van der Waals surface area contributed by atoms with Crippen molar-refractivity contribution in [2.75, 3.05) is 5.73 Å². The molecule has 0 atom stereocenters. The van der Waals surface area contributed by atoms with E-state index < -0.39 is 0 Å². The van der Waals surface area contributed by atoms with Gasteiger partial charge in [0.1, 0.15) is 0 Å². The fraction of sp³-hybridized carbons (Fsp3) is 0.462.